The van der Waals surface area contributed by atoms with Crippen LogP contribution in [0.15, 0.2) is 42.5 Å². The molecule has 2 rings (SSSR count). The van der Waals surface area contributed by atoms with Crippen LogP contribution in [0.1, 0.15) is 55.2 Å². The van der Waals surface area contributed by atoms with E-state index in [1.807, 2.05) is 19.1 Å². The maximum Gasteiger partial charge on any atom is 0.253 e. The lowest BCUT2D eigenvalue weighted by atomic mass is 9.86. The Morgan fingerprint density at radius 1 is 1.11 bits per heavy atom. The summed E-state index contributed by atoms with van der Waals surface area (Å²) in [6.45, 7) is 8.34. The molecule has 0 radical (unpaired) electrons. The summed E-state index contributed by atoms with van der Waals surface area (Å²) in [5.41, 5.74) is 2.85. The van der Waals surface area contributed by atoms with Crippen LogP contribution >= 0.6 is 11.6 Å². The predicted molar refractivity (Wildman–Crippen MR) is 116 cm³/mol. The number of carbonyl (C=O) groups excluding carboxylic acids is 1. The van der Waals surface area contributed by atoms with Crippen LogP contribution in [-0.4, -0.2) is 27.6 Å². The van der Waals surface area contributed by atoms with Crippen molar-refractivity contribution in [3.05, 3.63) is 64.2 Å². The first-order valence-electron chi connectivity index (χ1n) is 8.95. The Hall–Kier alpha value is -2.05. The van der Waals surface area contributed by atoms with Gasteiger partial charge in [0, 0.05) is 7.05 Å². The molecule has 0 heterocycles. The van der Waals surface area contributed by atoms with Crippen molar-refractivity contribution < 1.29 is 13.2 Å². The van der Waals surface area contributed by atoms with Crippen LogP contribution in [0.2, 0.25) is 5.02 Å². The number of hydrogen-bond acceptors (Lipinski definition) is 3. The van der Waals surface area contributed by atoms with Crippen LogP contribution in [0, 0.1) is 0 Å². The van der Waals surface area contributed by atoms with Gasteiger partial charge in [-0.15, -0.1) is 0 Å². The van der Waals surface area contributed by atoms with Gasteiger partial charge in [-0.2, -0.15) is 0 Å². The van der Waals surface area contributed by atoms with Crippen molar-refractivity contribution >= 4 is 33.2 Å². The maximum atomic E-state index is 12.7. The van der Waals surface area contributed by atoms with Crippen LogP contribution in [0.3, 0.4) is 0 Å². The molecule has 0 fully saturated rings. The smallest absolute Gasteiger partial charge is 0.253 e. The lowest BCUT2D eigenvalue weighted by Crippen LogP contribution is -2.28. The number of anilines is 1. The molecule has 0 saturated carbocycles. The molecule has 0 aliphatic heterocycles. The number of sulfonamides is 1. The van der Waals surface area contributed by atoms with E-state index in [9.17, 15) is 13.2 Å². The fourth-order valence-electron chi connectivity index (χ4n) is 2.70. The highest BCUT2D eigenvalue weighted by atomic mass is 35.5. The first kappa shape index (κ1) is 22.2. The second kappa shape index (κ2) is 8.13. The molecule has 0 aromatic heterocycles. The zero-order valence-corrected chi connectivity index (χ0v) is 18.6. The van der Waals surface area contributed by atoms with Gasteiger partial charge in [0.1, 0.15) is 0 Å². The normalized spacial score (nSPS) is 13.1. The quantitative estimate of drug-likeness (QED) is 0.770. The van der Waals surface area contributed by atoms with Crippen LogP contribution in [-0.2, 0) is 15.4 Å². The van der Waals surface area contributed by atoms with Crippen molar-refractivity contribution in [1.29, 1.82) is 0 Å². The predicted octanol–water partition coefficient (Wildman–Crippen LogP) is 4.52. The molecule has 1 atom stereocenters. The Morgan fingerprint density at radius 2 is 1.68 bits per heavy atom. The van der Waals surface area contributed by atoms with E-state index in [1.54, 1.807) is 6.07 Å². The molecule has 0 aliphatic rings. The number of halogens is 1. The van der Waals surface area contributed by atoms with Crippen LogP contribution in [0.5, 0.6) is 0 Å². The number of amides is 1. The molecular weight excluding hydrogens is 396 g/mol. The summed E-state index contributed by atoms with van der Waals surface area (Å²) in [5, 5.41) is 3.19. The Labute approximate surface area is 172 Å². The molecular formula is C21H27ClN2O3S. The summed E-state index contributed by atoms with van der Waals surface area (Å²) in [6, 6.07) is 12.5. The van der Waals surface area contributed by atoms with Gasteiger partial charge in [0.15, 0.2) is 0 Å². The largest absolute Gasteiger partial charge is 0.345 e. The molecule has 152 valence electrons. The molecule has 7 heteroatoms. The van der Waals surface area contributed by atoms with Gasteiger partial charge in [-0.1, -0.05) is 56.6 Å². The van der Waals surface area contributed by atoms with E-state index in [1.165, 1.54) is 24.7 Å². The molecule has 0 unspecified atom stereocenters. The third kappa shape index (κ3) is 5.26. The van der Waals surface area contributed by atoms with Crippen molar-refractivity contribution in [1.82, 2.24) is 5.32 Å². The van der Waals surface area contributed by atoms with Crippen molar-refractivity contribution in [2.75, 3.05) is 17.6 Å². The summed E-state index contributed by atoms with van der Waals surface area (Å²) in [4.78, 5) is 12.7. The summed E-state index contributed by atoms with van der Waals surface area (Å²) in [5.74, 6) is -0.360. The standard InChI is InChI=1S/C21H27ClN2O3S/c1-14(15-7-9-16(10-8-15)21(2,3)4)23-20(25)18-13-17(11-12-19(18)22)24(5)28(6,26)27/h7-14H,1-6H3,(H,23,25)/t14-/m1/s1. The first-order chi connectivity index (χ1) is 12.8. The minimum atomic E-state index is -3.43. The van der Waals surface area contributed by atoms with E-state index in [0.29, 0.717) is 5.69 Å². The van der Waals surface area contributed by atoms with E-state index in [0.717, 1.165) is 16.1 Å². The average Bonchev–Trinajstić information content (AvgIpc) is 2.60. The minimum absolute atomic E-state index is 0.0601. The van der Waals surface area contributed by atoms with Crippen molar-refractivity contribution in [2.45, 2.75) is 39.2 Å². The molecule has 0 bridgehead atoms. The molecule has 0 aliphatic carbocycles. The summed E-state index contributed by atoms with van der Waals surface area (Å²) < 4.78 is 24.6. The van der Waals surface area contributed by atoms with E-state index in [2.05, 4.69) is 38.2 Å². The minimum Gasteiger partial charge on any atom is -0.345 e. The molecule has 0 spiro atoms. The first-order valence-corrected chi connectivity index (χ1v) is 11.2. The van der Waals surface area contributed by atoms with Gasteiger partial charge in [0.05, 0.1) is 28.6 Å². The van der Waals surface area contributed by atoms with E-state index in [4.69, 9.17) is 11.6 Å². The maximum absolute atomic E-state index is 12.7. The topological polar surface area (TPSA) is 66.5 Å². The fourth-order valence-corrected chi connectivity index (χ4v) is 3.40. The van der Waals surface area contributed by atoms with Crippen LogP contribution in [0.4, 0.5) is 5.69 Å². The Kier molecular flexibility index (Phi) is 6.46. The molecule has 2 aromatic rings. The van der Waals surface area contributed by atoms with Crippen molar-refractivity contribution in [3.8, 4) is 0 Å². The molecule has 2 aromatic carbocycles. The third-order valence-corrected chi connectivity index (χ3v) is 6.22. The van der Waals surface area contributed by atoms with E-state index in [-0.39, 0.29) is 28.0 Å². The van der Waals surface area contributed by atoms with Crippen LogP contribution in [0.25, 0.3) is 0 Å². The number of nitrogens with zero attached hydrogens (tertiary/aromatic N) is 1. The highest BCUT2D eigenvalue weighted by Gasteiger charge is 2.19. The van der Waals surface area contributed by atoms with Gasteiger partial charge in [-0.25, -0.2) is 8.42 Å². The Balaban J connectivity index is 2.22. The number of carbonyl (C=O) groups is 1. The highest BCUT2D eigenvalue weighted by molar-refractivity contribution is 7.92. The van der Waals surface area contributed by atoms with E-state index < -0.39 is 10.0 Å². The Morgan fingerprint density at radius 3 is 2.18 bits per heavy atom. The molecule has 0 saturated heterocycles. The van der Waals surface area contributed by atoms with E-state index >= 15 is 0 Å². The zero-order valence-electron chi connectivity index (χ0n) is 17.1. The summed E-state index contributed by atoms with van der Waals surface area (Å²) >= 11 is 6.18. The fraction of sp³-hybridized carbons (Fsp3) is 0.381. The van der Waals surface area contributed by atoms with Gasteiger partial charge in [0.2, 0.25) is 10.0 Å². The highest BCUT2D eigenvalue weighted by Crippen LogP contribution is 2.26. The zero-order chi connectivity index (χ0) is 21.3. The number of benzene rings is 2. The van der Waals surface area contributed by atoms with Gasteiger partial charge in [-0.3, -0.25) is 9.10 Å². The van der Waals surface area contributed by atoms with Gasteiger partial charge in [0.25, 0.3) is 5.91 Å². The SMILES string of the molecule is C[C@@H](NC(=O)c1cc(N(C)S(C)(=O)=O)ccc1Cl)c1ccc(C(C)(C)C)cc1. The lowest BCUT2D eigenvalue weighted by Gasteiger charge is -2.21. The molecule has 5 nitrogen and oxygen atoms in total. The Bertz CT molecular complexity index is 964. The monoisotopic (exact) mass is 422 g/mol. The summed E-state index contributed by atoms with van der Waals surface area (Å²) in [6.07, 6.45) is 1.10. The van der Waals surface area contributed by atoms with Gasteiger partial charge in [-0.05, 0) is 41.7 Å². The average molecular weight is 423 g/mol. The number of nitrogens with one attached hydrogen (secondary N) is 1. The van der Waals surface area contributed by atoms with Gasteiger partial charge < -0.3 is 5.32 Å². The number of rotatable bonds is 5. The van der Waals surface area contributed by atoms with Crippen molar-refractivity contribution in [2.24, 2.45) is 0 Å². The number of hydrogen-bond donors (Lipinski definition) is 1. The van der Waals surface area contributed by atoms with Crippen molar-refractivity contribution in [3.63, 3.8) is 0 Å². The molecule has 1 N–H and O–H groups in total. The third-order valence-electron chi connectivity index (χ3n) is 4.68. The van der Waals surface area contributed by atoms with Crippen LogP contribution < -0.4 is 9.62 Å². The lowest BCUT2D eigenvalue weighted by molar-refractivity contribution is 0.0940. The summed E-state index contributed by atoms with van der Waals surface area (Å²) in [7, 11) is -2.00. The molecule has 1 amide bonds. The second-order valence-corrected chi connectivity index (χ2v) is 10.4. The second-order valence-electron chi connectivity index (χ2n) is 7.96. The van der Waals surface area contributed by atoms with Gasteiger partial charge >= 0.3 is 0 Å². The molecule has 28 heavy (non-hydrogen) atoms.